The van der Waals surface area contributed by atoms with E-state index < -0.39 is 17.5 Å². The van der Waals surface area contributed by atoms with E-state index in [1.807, 2.05) is 42.5 Å². The second-order valence-electron chi connectivity index (χ2n) is 7.11. The molecule has 1 unspecified atom stereocenters. The van der Waals surface area contributed by atoms with Crippen LogP contribution in [-0.2, 0) is 28.1 Å². The summed E-state index contributed by atoms with van der Waals surface area (Å²) >= 11 is 6.09. The van der Waals surface area contributed by atoms with E-state index in [1.165, 1.54) is 0 Å². The fourth-order valence-electron chi connectivity index (χ4n) is 3.99. The number of fused-ring (bicyclic) bond motifs is 2. The van der Waals surface area contributed by atoms with E-state index in [4.69, 9.17) is 11.6 Å². The van der Waals surface area contributed by atoms with Crippen LogP contribution in [0.1, 0.15) is 29.5 Å². The Bertz CT molecular complexity index is 961. The maximum Gasteiger partial charge on any atom is 0.325 e. The topological polar surface area (TPSA) is 78.5 Å². The van der Waals surface area contributed by atoms with E-state index in [0.29, 0.717) is 11.4 Å². The Morgan fingerprint density at radius 3 is 2.71 bits per heavy atom. The molecule has 2 N–H and O–H groups in total. The van der Waals surface area contributed by atoms with Crippen molar-refractivity contribution in [1.29, 1.82) is 0 Å². The van der Waals surface area contributed by atoms with Crippen molar-refractivity contribution in [1.82, 2.24) is 15.5 Å². The van der Waals surface area contributed by atoms with Gasteiger partial charge in [0.15, 0.2) is 0 Å². The van der Waals surface area contributed by atoms with Gasteiger partial charge in [-0.05, 0) is 42.0 Å². The Hall–Kier alpha value is -2.86. The number of carbonyl (C=O) groups excluding carboxylic acids is 3. The summed E-state index contributed by atoms with van der Waals surface area (Å²) in [6.07, 6.45) is 2.21. The largest absolute Gasteiger partial charge is 0.350 e. The van der Waals surface area contributed by atoms with Crippen LogP contribution in [0, 0.1) is 0 Å². The van der Waals surface area contributed by atoms with Gasteiger partial charge in [-0.15, -0.1) is 0 Å². The van der Waals surface area contributed by atoms with Crippen LogP contribution in [0.25, 0.3) is 0 Å². The van der Waals surface area contributed by atoms with Crippen molar-refractivity contribution in [2.45, 2.75) is 31.3 Å². The molecule has 4 rings (SSSR count). The molecule has 2 aromatic carbocycles. The van der Waals surface area contributed by atoms with Crippen LogP contribution in [0.15, 0.2) is 48.5 Å². The minimum atomic E-state index is -1.06. The number of benzene rings is 2. The lowest BCUT2D eigenvalue weighted by Gasteiger charge is -2.33. The minimum absolute atomic E-state index is 0.232. The van der Waals surface area contributed by atoms with Crippen LogP contribution >= 0.6 is 11.6 Å². The highest BCUT2D eigenvalue weighted by molar-refractivity contribution is 6.31. The van der Waals surface area contributed by atoms with Gasteiger partial charge in [0.25, 0.3) is 5.91 Å². The third-order valence-electron chi connectivity index (χ3n) is 5.39. The molecule has 0 bridgehead atoms. The van der Waals surface area contributed by atoms with Crippen molar-refractivity contribution in [2.24, 2.45) is 0 Å². The highest BCUT2D eigenvalue weighted by Gasteiger charge is 2.54. The van der Waals surface area contributed by atoms with E-state index in [1.54, 1.807) is 6.07 Å². The van der Waals surface area contributed by atoms with Crippen LogP contribution in [0.3, 0.4) is 0 Å². The van der Waals surface area contributed by atoms with E-state index >= 15 is 0 Å². The molecule has 1 spiro atoms. The molecule has 1 fully saturated rings. The fourth-order valence-corrected chi connectivity index (χ4v) is 4.19. The van der Waals surface area contributed by atoms with Gasteiger partial charge in [-0.3, -0.25) is 14.5 Å². The molecule has 2 aliphatic rings. The average Bonchev–Trinajstić information content (AvgIpc) is 2.92. The van der Waals surface area contributed by atoms with E-state index in [-0.39, 0.29) is 19.0 Å². The van der Waals surface area contributed by atoms with E-state index in [2.05, 4.69) is 10.6 Å². The van der Waals surface area contributed by atoms with E-state index in [0.717, 1.165) is 34.4 Å². The van der Waals surface area contributed by atoms with Crippen LogP contribution in [0.2, 0.25) is 5.02 Å². The third-order valence-corrected chi connectivity index (χ3v) is 5.76. The Balaban J connectivity index is 1.48. The number of urea groups is 1. The molecular formula is C21H20ClN3O3. The van der Waals surface area contributed by atoms with Gasteiger partial charge in [0.2, 0.25) is 5.91 Å². The van der Waals surface area contributed by atoms with Gasteiger partial charge in [0.1, 0.15) is 12.1 Å². The molecule has 1 saturated heterocycles. The normalized spacial score (nSPS) is 20.8. The van der Waals surface area contributed by atoms with Gasteiger partial charge in [-0.2, -0.15) is 0 Å². The molecule has 28 heavy (non-hydrogen) atoms. The standard InChI is InChI=1S/C21H20ClN3O3/c22-17-10-4-2-7-15(17)12-23-18(26)13-25-19(27)21(24-20(25)28)11-5-8-14-6-1-3-9-16(14)21/h1-4,6-7,9-10H,5,8,11-13H2,(H,23,26)(H,24,28). The summed E-state index contributed by atoms with van der Waals surface area (Å²) in [4.78, 5) is 39.1. The highest BCUT2D eigenvalue weighted by atomic mass is 35.5. The van der Waals surface area contributed by atoms with Crippen molar-refractivity contribution in [3.8, 4) is 0 Å². The van der Waals surface area contributed by atoms with E-state index in [9.17, 15) is 14.4 Å². The molecule has 144 valence electrons. The summed E-state index contributed by atoms with van der Waals surface area (Å²) in [5, 5.41) is 6.12. The molecular weight excluding hydrogens is 378 g/mol. The summed E-state index contributed by atoms with van der Waals surface area (Å²) in [7, 11) is 0. The number of imide groups is 1. The van der Waals surface area contributed by atoms with Gasteiger partial charge >= 0.3 is 6.03 Å². The third kappa shape index (κ3) is 3.14. The SMILES string of the molecule is O=C(CN1C(=O)NC2(CCCc3ccccc32)C1=O)NCc1ccccc1Cl. The molecule has 0 aromatic heterocycles. The molecule has 0 saturated carbocycles. The van der Waals surface area contributed by atoms with Crippen molar-refractivity contribution in [2.75, 3.05) is 6.54 Å². The Morgan fingerprint density at radius 1 is 1.14 bits per heavy atom. The van der Waals surface area contributed by atoms with Crippen LogP contribution < -0.4 is 10.6 Å². The summed E-state index contributed by atoms with van der Waals surface area (Å²) < 4.78 is 0. The van der Waals surface area contributed by atoms with Crippen LogP contribution in [0.4, 0.5) is 4.79 Å². The minimum Gasteiger partial charge on any atom is -0.350 e. The fraction of sp³-hybridized carbons (Fsp3) is 0.286. The number of nitrogens with one attached hydrogen (secondary N) is 2. The highest BCUT2D eigenvalue weighted by Crippen LogP contribution is 2.39. The molecule has 4 amide bonds. The van der Waals surface area contributed by atoms with Crippen molar-refractivity contribution in [3.63, 3.8) is 0 Å². The molecule has 2 aromatic rings. The van der Waals surface area contributed by atoms with Crippen LogP contribution in [0.5, 0.6) is 0 Å². The molecule has 1 heterocycles. The van der Waals surface area contributed by atoms with Crippen molar-refractivity contribution < 1.29 is 14.4 Å². The zero-order valence-corrected chi connectivity index (χ0v) is 16.0. The van der Waals surface area contributed by atoms with Gasteiger partial charge in [0, 0.05) is 11.6 Å². The lowest BCUT2D eigenvalue weighted by Crippen LogP contribution is -2.47. The molecule has 0 radical (unpaired) electrons. The second kappa shape index (κ2) is 7.28. The number of aryl methyl sites for hydroxylation is 1. The van der Waals surface area contributed by atoms with Gasteiger partial charge in [-0.25, -0.2) is 4.79 Å². The van der Waals surface area contributed by atoms with Gasteiger partial charge < -0.3 is 10.6 Å². The monoisotopic (exact) mass is 397 g/mol. The Morgan fingerprint density at radius 2 is 1.89 bits per heavy atom. The number of halogens is 1. The molecule has 1 aliphatic carbocycles. The zero-order chi connectivity index (χ0) is 19.7. The predicted molar refractivity (Wildman–Crippen MR) is 105 cm³/mol. The Kier molecular flexibility index (Phi) is 4.81. The first-order chi connectivity index (χ1) is 13.5. The molecule has 1 atom stereocenters. The number of carbonyl (C=O) groups is 3. The quantitative estimate of drug-likeness (QED) is 0.778. The molecule has 7 heteroatoms. The number of rotatable bonds is 4. The maximum absolute atomic E-state index is 13.2. The Labute approximate surface area is 167 Å². The number of hydrogen-bond donors (Lipinski definition) is 2. The zero-order valence-electron chi connectivity index (χ0n) is 15.2. The lowest BCUT2D eigenvalue weighted by atomic mass is 9.76. The lowest BCUT2D eigenvalue weighted by molar-refractivity contribution is -0.135. The first-order valence-electron chi connectivity index (χ1n) is 9.24. The number of nitrogens with zero attached hydrogens (tertiary/aromatic N) is 1. The summed E-state index contributed by atoms with van der Waals surface area (Å²) in [6.45, 7) is -0.0881. The predicted octanol–water partition coefficient (Wildman–Crippen LogP) is 2.74. The first kappa shape index (κ1) is 18.5. The number of hydrogen-bond acceptors (Lipinski definition) is 3. The smallest absolute Gasteiger partial charge is 0.325 e. The second-order valence-corrected chi connectivity index (χ2v) is 7.51. The van der Waals surface area contributed by atoms with Crippen molar-refractivity contribution >= 4 is 29.4 Å². The summed E-state index contributed by atoms with van der Waals surface area (Å²) in [5.41, 5.74) is 1.60. The van der Waals surface area contributed by atoms with Crippen molar-refractivity contribution in [3.05, 3.63) is 70.2 Å². The molecule has 6 nitrogen and oxygen atoms in total. The first-order valence-corrected chi connectivity index (χ1v) is 9.62. The average molecular weight is 398 g/mol. The van der Waals surface area contributed by atoms with Gasteiger partial charge in [-0.1, -0.05) is 54.1 Å². The van der Waals surface area contributed by atoms with Crippen LogP contribution in [-0.4, -0.2) is 29.3 Å². The number of amides is 4. The van der Waals surface area contributed by atoms with Gasteiger partial charge in [0.05, 0.1) is 0 Å². The maximum atomic E-state index is 13.2. The summed E-state index contributed by atoms with van der Waals surface area (Å²) in [5.74, 6) is -0.776. The molecule has 1 aliphatic heterocycles. The summed E-state index contributed by atoms with van der Waals surface area (Å²) in [6, 6.07) is 14.3.